The van der Waals surface area contributed by atoms with E-state index in [4.69, 9.17) is 16.0 Å². The van der Waals surface area contributed by atoms with Crippen molar-refractivity contribution < 1.29 is 14.0 Å². The van der Waals surface area contributed by atoms with E-state index in [0.29, 0.717) is 32.3 Å². The van der Waals surface area contributed by atoms with Gasteiger partial charge >= 0.3 is 0 Å². The van der Waals surface area contributed by atoms with E-state index in [1.807, 2.05) is 6.07 Å². The van der Waals surface area contributed by atoms with Gasteiger partial charge in [0.25, 0.3) is 11.8 Å². The fraction of sp³-hybridized carbons (Fsp3) is 0. The van der Waals surface area contributed by atoms with Gasteiger partial charge in [0.1, 0.15) is 0 Å². The lowest BCUT2D eigenvalue weighted by atomic mass is 10.2. The second-order valence-corrected chi connectivity index (χ2v) is 7.27. The molecular formula is C20H13BrClN5O3. The van der Waals surface area contributed by atoms with Crippen LogP contribution in [0.25, 0.3) is 11.4 Å². The summed E-state index contributed by atoms with van der Waals surface area (Å²) in [5.41, 5.74) is 1.42. The fourth-order valence-corrected chi connectivity index (χ4v) is 3.16. The standard InChI is InChI=1S/C20H13BrClN5O3/c21-16-9-8-15(30-16)19(29)23-12-5-3-4-11(10-12)18(28)25-20-24-17(26-27-20)13-6-1-2-7-14(13)22/h1-10H,(H,23,29)(H2,24,25,26,27,28). The van der Waals surface area contributed by atoms with Crippen LogP contribution in [-0.2, 0) is 0 Å². The summed E-state index contributed by atoms with van der Waals surface area (Å²) in [6.07, 6.45) is 0. The molecule has 0 spiro atoms. The number of halogens is 2. The van der Waals surface area contributed by atoms with Crippen molar-refractivity contribution in [2.24, 2.45) is 0 Å². The van der Waals surface area contributed by atoms with Gasteiger partial charge in [-0.1, -0.05) is 29.8 Å². The first-order valence-corrected chi connectivity index (χ1v) is 9.82. The molecular weight excluding hydrogens is 474 g/mol. The summed E-state index contributed by atoms with van der Waals surface area (Å²) >= 11 is 9.30. The second kappa shape index (κ2) is 8.52. The average molecular weight is 487 g/mol. The summed E-state index contributed by atoms with van der Waals surface area (Å²) in [5.74, 6) is -0.191. The number of anilines is 2. The minimum atomic E-state index is -0.434. The Morgan fingerprint density at radius 1 is 1.00 bits per heavy atom. The second-order valence-electron chi connectivity index (χ2n) is 6.08. The molecule has 4 rings (SSSR count). The lowest BCUT2D eigenvalue weighted by molar-refractivity contribution is 0.0992. The maximum absolute atomic E-state index is 12.6. The van der Waals surface area contributed by atoms with Crippen molar-refractivity contribution in [2.75, 3.05) is 10.6 Å². The molecule has 8 nitrogen and oxygen atoms in total. The van der Waals surface area contributed by atoms with Crippen LogP contribution in [-0.4, -0.2) is 27.0 Å². The average Bonchev–Trinajstić information content (AvgIpc) is 3.38. The topological polar surface area (TPSA) is 113 Å². The summed E-state index contributed by atoms with van der Waals surface area (Å²) in [4.78, 5) is 29.0. The van der Waals surface area contributed by atoms with Gasteiger partial charge in [0, 0.05) is 16.8 Å². The van der Waals surface area contributed by atoms with E-state index in [0.717, 1.165) is 0 Å². The van der Waals surface area contributed by atoms with Crippen LogP contribution in [0.5, 0.6) is 0 Å². The summed E-state index contributed by atoms with van der Waals surface area (Å²) in [6.45, 7) is 0. The zero-order chi connectivity index (χ0) is 21.1. The number of furan rings is 1. The Morgan fingerprint density at radius 2 is 1.83 bits per heavy atom. The Labute approximate surface area is 183 Å². The van der Waals surface area contributed by atoms with Crippen LogP contribution in [0.3, 0.4) is 0 Å². The quantitative estimate of drug-likeness (QED) is 0.368. The highest BCUT2D eigenvalue weighted by Crippen LogP contribution is 2.25. The molecule has 10 heteroatoms. The summed E-state index contributed by atoms with van der Waals surface area (Å²) in [7, 11) is 0. The third kappa shape index (κ3) is 4.42. The molecule has 0 radical (unpaired) electrons. The molecule has 0 aliphatic rings. The van der Waals surface area contributed by atoms with E-state index in [-0.39, 0.29) is 11.7 Å². The number of nitrogens with zero attached hydrogens (tertiary/aromatic N) is 2. The van der Waals surface area contributed by atoms with E-state index in [2.05, 4.69) is 41.7 Å². The van der Waals surface area contributed by atoms with E-state index >= 15 is 0 Å². The Morgan fingerprint density at radius 3 is 2.60 bits per heavy atom. The molecule has 30 heavy (non-hydrogen) atoms. The molecule has 2 heterocycles. The Kier molecular flexibility index (Phi) is 5.64. The Balaban J connectivity index is 1.46. The largest absolute Gasteiger partial charge is 0.444 e. The lowest BCUT2D eigenvalue weighted by Crippen LogP contribution is -2.15. The zero-order valence-electron chi connectivity index (χ0n) is 15.1. The van der Waals surface area contributed by atoms with Gasteiger partial charge in [0.05, 0.1) is 5.02 Å². The first-order valence-electron chi connectivity index (χ1n) is 8.65. The molecule has 0 aliphatic carbocycles. The number of nitrogens with one attached hydrogen (secondary N) is 3. The molecule has 4 aromatic rings. The maximum atomic E-state index is 12.6. The van der Waals surface area contributed by atoms with Gasteiger partial charge in [0.2, 0.25) is 5.95 Å². The molecule has 0 fully saturated rings. The van der Waals surface area contributed by atoms with Crippen LogP contribution in [0.4, 0.5) is 11.6 Å². The molecule has 2 amide bonds. The number of rotatable bonds is 5. The molecule has 0 aliphatic heterocycles. The smallest absolute Gasteiger partial charge is 0.291 e. The van der Waals surface area contributed by atoms with E-state index in [9.17, 15) is 9.59 Å². The van der Waals surface area contributed by atoms with Gasteiger partial charge in [0.15, 0.2) is 16.3 Å². The summed E-state index contributed by atoms with van der Waals surface area (Å²) in [6, 6.07) is 16.8. The highest BCUT2D eigenvalue weighted by atomic mass is 79.9. The van der Waals surface area contributed by atoms with Gasteiger partial charge in [-0.05, 0) is 58.4 Å². The van der Waals surface area contributed by atoms with Gasteiger partial charge in [-0.2, -0.15) is 4.98 Å². The van der Waals surface area contributed by atoms with Crippen LogP contribution >= 0.6 is 27.5 Å². The summed E-state index contributed by atoms with van der Waals surface area (Å²) in [5, 5.41) is 12.5. The van der Waals surface area contributed by atoms with Crippen molar-refractivity contribution in [2.45, 2.75) is 0 Å². The Hall–Kier alpha value is -3.43. The van der Waals surface area contributed by atoms with Crippen LogP contribution in [0.1, 0.15) is 20.9 Å². The number of H-pyrrole nitrogens is 1. The Bertz CT molecular complexity index is 1240. The fourth-order valence-electron chi connectivity index (χ4n) is 2.63. The zero-order valence-corrected chi connectivity index (χ0v) is 17.5. The van der Waals surface area contributed by atoms with Gasteiger partial charge in [-0.25, -0.2) is 0 Å². The third-order valence-electron chi connectivity index (χ3n) is 4.02. The number of hydrogen-bond acceptors (Lipinski definition) is 5. The van der Waals surface area contributed by atoms with Crippen molar-refractivity contribution in [3.8, 4) is 11.4 Å². The number of benzene rings is 2. The van der Waals surface area contributed by atoms with Crippen LogP contribution in [0, 0.1) is 0 Å². The predicted octanol–water partition coefficient (Wildman–Crippen LogP) is 4.99. The minimum absolute atomic E-state index is 0.102. The van der Waals surface area contributed by atoms with Crippen LogP contribution in [0.15, 0.2) is 69.8 Å². The van der Waals surface area contributed by atoms with Gasteiger partial charge < -0.3 is 9.73 Å². The lowest BCUT2D eigenvalue weighted by Gasteiger charge is -2.06. The first kappa shape index (κ1) is 19.9. The number of aromatic amines is 1. The van der Waals surface area contributed by atoms with Crippen molar-refractivity contribution in [3.05, 3.63) is 81.7 Å². The predicted molar refractivity (Wildman–Crippen MR) is 116 cm³/mol. The van der Waals surface area contributed by atoms with Crippen LogP contribution in [0.2, 0.25) is 5.02 Å². The molecule has 0 saturated carbocycles. The molecule has 2 aromatic heterocycles. The van der Waals surface area contributed by atoms with Crippen molar-refractivity contribution in [1.82, 2.24) is 15.2 Å². The molecule has 2 aromatic carbocycles. The van der Waals surface area contributed by atoms with E-state index in [1.54, 1.807) is 42.5 Å². The first-order chi connectivity index (χ1) is 14.5. The number of carbonyl (C=O) groups excluding carboxylic acids is 2. The molecule has 0 unspecified atom stereocenters. The number of amides is 2. The maximum Gasteiger partial charge on any atom is 0.291 e. The SMILES string of the molecule is O=C(Nc1n[nH]c(-c2ccccc2Cl)n1)c1cccc(NC(=O)c2ccc(Br)o2)c1. The third-order valence-corrected chi connectivity index (χ3v) is 4.78. The van der Waals surface area contributed by atoms with Crippen molar-refractivity contribution >= 4 is 51.0 Å². The number of carbonyl (C=O) groups is 2. The molecule has 3 N–H and O–H groups in total. The van der Waals surface area contributed by atoms with E-state index < -0.39 is 11.8 Å². The number of aromatic nitrogens is 3. The van der Waals surface area contributed by atoms with Crippen molar-refractivity contribution in [1.29, 1.82) is 0 Å². The molecule has 0 bridgehead atoms. The van der Waals surface area contributed by atoms with Crippen molar-refractivity contribution in [3.63, 3.8) is 0 Å². The van der Waals surface area contributed by atoms with Crippen LogP contribution < -0.4 is 10.6 Å². The molecule has 0 atom stereocenters. The van der Waals surface area contributed by atoms with Gasteiger partial charge in [-0.15, -0.1) is 5.10 Å². The highest BCUT2D eigenvalue weighted by molar-refractivity contribution is 9.10. The monoisotopic (exact) mass is 485 g/mol. The summed E-state index contributed by atoms with van der Waals surface area (Å²) < 4.78 is 5.66. The molecule has 150 valence electrons. The molecule has 0 saturated heterocycles. The normalized spacial score (nSPS) is 10.6. The van der Waals surface area contributed by atoms with Gasteiger partial charge in [-0.3, -0.25) is 20.0 Å². The number of hydrogen-bond donors (Lipinski definition) is 3. The minimum Gasteiger partial charge on any atom is -0.444 e. The van der Waals surface area contributed by atoms with E-state index in [1.165, 1.54) is 12.1 Å². The highest BCUT2D eigenvalue weighted by Gasteiger charge is 2.14.